The average Bonchev–Trinajstić information content (AvgIpc) is 2.72. The molecule has 1 N–H and O–H groups in total. The van der Waals surface area contributed by atoms with Gasteiger partial charge in [-0.25, -0.2) is 13.4 Å². The summed E-state index contributed by atoms with van der Waals surface area (Å²) < 4.78 is 26.5. The van der Waals surface area contributed by atoms with Crippen molar-refractivity contribution in [2.24, 2.45) is 0 Å². The summed E-state index contributed by atoms with van der Waals surface area (Å²) in [5, 5.41) is 4.08. The first-order valence-electron chi connectivity index (χ1n) is 9.28. The summed E-state index contributed by atoms with van der Waals surface area (Å²) in [5.41, 5.74) is 2.05. The zero-order valence-electron chi connectivity index (χ0n) is 16.2. The number of aromatic nitrogens is 1. The van der Waals surface area contributed by atoms with Crippen molar-refractivity contribution in [2.75, 3.05) is 13.1 Å². The summed E-state index contributed by atoms with van der Waals surface area (Å²) in [4.78, 5) is 16.9. The predicted octanol–water partition coefficient (Wildman–Crippen LogP) is 3.85. The third-order valence-electron chi connectivity index (χ3n) is 4.64. The lowest BCUT2D eigenvalue weighted by Crippen LogP contribution is -2.30. The van der Waals surface area contributed by atoms with Crippen molar-refractivity contribution in [3.8, 4) is 0 Å². The molecule has 29 heavy (non-hydrogen) atoms. The van der Waals surface area contributed by atoms with Gasteiger partial charge in [0.25, 0.3) is 5.91 Å². The molecule has 0 atom stereocenters. The first kappa shape index (κ1) is 21.2. The molecular weight excluding hydrogens is 410 g/mol. The Bertz CT molecular complexity index is 1130. The van der Waals surface area contributed by atoms with E-state index in [-0.39, 0.29) is 10.8 Å². The predicted molar refractivity (Wildman–Crippen MR) is 114 cm³/mol. The summed E-state index contributed by atoms with van der Waals surface area (Å²) in [5.74, 6) is -0.221. The van der Waals surface area contributed by atoms with E-state index in [9.17, 15) is 13.2 Å². The molecule has 0 saturated carbocycles. The molecule has 0 aliphatic heterocycles. The molecule has 0 fully saturated rings. The molecule has 1 aromatic heterocycles. The van der Waals surface area contributed by atoms with Crippen molar-refractivity contribution in [3.05, 3.63) is 70.9 Å². The highest BCUT2D eigenvalue weighted by molar-refractivity contribution is 7.89. The summed E-state index contributed by atoms with van der Waals surface area (Å²) in [7, 11) is -3.49. The molecule has 1 amide bonds. The largest absolute Gasteiger partial charge is 0.348 e. The van der Waals surface area contributed by atoms with E-state index in [4.69, 9.17) is 11.6 Å². The molecule has 0 aliphatic carbocycles. The number of amides is 1. The number of pyridine rings is 1. The van der Waals surface area contributed by atoms with Crippen LogP contribution in [-0.2, 0) is 16.6 Å². The molecule has 0 spiro atoms. The van der Waals surface area contributed by atoms with Gasteiger partial charge in [0, 0.05) is 30.6 Å². The molecule has 0 aliphatic rings. The second-order valence-corrected chi connectivity index (χ2v) is 8.78. The van der Waals surface area contributed by atoms with Crippen LogP contribution in [0.5, 0.6) is 0 Å². The van der Waals surface area contributed by atoms with E-state index < -0.39 is 10.0 Å². The number of hydrogen-bond acceptors (Lipinski definition) is 4. The van der Waals surface area contributed by atoms with Gasteiger partial charge >= 0.3 is 0 Å². The molecule has 0 unspecified atom stereocenters. The molecule has 3 aromatic rings. The lowest BCUT2D eigenvalue weighted by Gasteiger charge is -2.18. The summed E-state index contributed by atoms with van der Waals surface area (Å²) in [6.07, 6.45) is 0. The molecular formula is C21H22ClN3O3S. The minimum absolute atomic E-state index is 0.221. The van der Waals surface area contributed by atoms with Crippen molar-refractivity contribution in [3.63, 3.8) is 0 Å². The summed E-state index contributed by atoms with van der Waals surface area (Å²) >= 11 is 5.88. The van der Waals surface area contributed by atoms with E-state index in [0.29, 0.717) is 30.4 Å². The molecule has 152 valence electrons. The van der Waals surface area contributed by atoms with Crippen molar-refractivity contribution in [1.29, 1.82) is 0 Å². The van der Waals surface area contributed by atoms with Crippen molar-refractivity contribution < 1.29 is 13.2 Å². The van der Waals surface area contributed by atoms with E-state index in [0.717, 1.165) is 16.5 Å². The highest BCUT2D eigenvalue weighted by Gasteiger charge is 2.21. The Morgan fingerprint density at radius 3 is 2.38 bits per heavy atom. The SMILES string of the molecule is CCN(CC)S(=O)(=O)c1ccc(CNC(=O)c2ccc3nc(Cl)ccc3c2)cc1. The molecule has 6 nitrogen and oxygen atoms in total. The van der Waals surface area contributed by atoms with Gasteiger partial charge in [0.2, 0.25) is 10.0 Å². The lowest BCUT2D eigenvalue weighted by molar-refractivity contribution is 0.0951. The third-order valence-corrected chi connectivity index (χ3v) is 6.91. The van der Waals surface area contributed by atoms with Crippen LogP contribution in [-0.4, -0.2) is 36.7 Å². The van der Waals surface area contributed by atoms with Crippen molar-refractivity contribution in [1.82, 2.24) is 14.6 Å². The second kappa shape index (κ2) is 8.90. The first-order valence-corrected chi connectivity index (χ1v) is 11.1. The molecule has 8 heteroatoms. The molecule has 3 rings (SSSR count). The maximum atomic E-state index is 12.5. The number of fused-ring (bicyclic) bond motifs is 1. The van der Waals surface area contributed by atoms with E-state index in [1.807, 2.05) is 19.9 Å². The monoisotopic (exact) mass is 431 g/mol. The highest BCUT2D eigenvalue weighted by Crippen LogP contribution is 2.18. The fourth-order valence-electron chi connectivity index (χ4n) is 3.02. The minimum atomic E-state index is -3.49. The smallest absolute Gasteiger partial charge is 0.251 e. The number of sulfonamides is 1. The van der Waals surface area contributed by atoms with Crippen LogP contribution in [0.1, 0.15) is 29.8 Å². The number of carbonyl (C=O) groups excluding carboxylic acids is 1. The quantitative estimate of drug-likeness (QED) is 0.576. The van der Waals surface area contributed by atoms with Gasteiger partial charge in [-0.2, -0.15) is 4.31 Å². The first-order chi connectivity index (χ1) is 13.8. The van der Waals surface area contributed by atoms with Crippen LogP contribution in [0.2, 0.25) is 5.15 Å². The maximum Gasteiger partial charge on any atom is 0.251 e. The van der Waals surface area contributed by atoms with Crippen LogP contribution in [0.3, 0.4) is 0 Å². The van der Waals surface area contributed by atoms with Crippen LogP contribution in [0, 0.1) is 0 Å². The number of rotatable bonds is 7. The van der Waals surface area contributed by atoms with Crippen molar-refractivity contribution >= 4 is 38.4 Å². The van der Waals surface area contributed by atoms with E-state index >= 15 is 0 Å². The van der Waals surface area contributed by atoms with Crippen LogP contribution in [0.4, 0.5) is 0 Å². The van der Waals surface area contributed by atoms with Gasteiger partial charge in [0.15, 0.2) is 0 Å². The molecule has 0 radical (unpaired) electrons. The molecule has 2 aromatic carbocycles. The van der Waals surface area contributed by atoms with Crippen LogP contribution in [0.15, 0.2) is 59.5 Å². The molecule has 0 saturated heterocycles. The van der Waals surface area contributed by atoms with Crippen LogP contribution >= 0.6 is 11.6 Å². The van der Waals surface area contributed by atoms with Gasteiger partial charge in [-0.3, -0.25) is 4.79 Å². The van der Waals surface area contributed by atoms with Crippen LogP contribution < -0.4 is 5.32 Å². The van der Waals surface area contributed by atoms with E-state index in [1.54, 1.807) is 48.5 Å². The van der Waals surface area contributed by atoms with E-state index in [1.165, 1.54) is 4.31 Å². The van der Waals surface area contributed by atoms with Gasteiger partial charge in [-0.15, -0.1) is 0 Å². The fraction of sp³-hybridized carbons (Fsp3) is 0.238. The molecule has 1 heterocycles. The average molecular weight is 432 g/mol. The van der Waals surface area contributed by atoms with Gasteiger partial charge in [0.05, 0.1) is 10.4 Å². The van der Waals surface area contributed by atoms with E-state index in [2.05, 4.69) is 10.3 Å². The van der Waals surface area contributed by atoms with Gasteiger partial charge in [-0.05, 0) is 48.0 Å². The Hall–Kier alpha value is -2.48. The maximum absolute atomic E-state index is 12.5. The molecule has 0 bridgehead atoms. The van der Waals surface area contributed by atoms with Crippen molar-refractivity contribution in [2.45, 2.75) is 25.3 Å². The number of benzene rings is 2. The summed E-state index contributed by atoms with van der Waals surface area (Å²) in [6, 6.07) is 15.3. The Kier molecular flexibility index (Phi) is 6.52. The minimum Gasteiger partial charge on any atom is -0.348 e. The second-order valence-electron chi connectivity index (χ2n) is 6.46. The zero-order chi connectivity index (χ0) is 21.0. The summed E-state index contributed by atoms with van der Waals surface area (Å²) in [6.45, 7) is 4.75. The normalized spacial score (nSPS) is 11.7. The Labute approximate surface area is 175 Å². The van der Waals surface area contributed by atoms with Gasteiger partial charge < -0.3 is 5.32 Å². The Morgan fingerprint density at radius 1 is 1.03 bits per heavy atom. The lowest BCUT2D eigenvalue weighted by atomic mass is 10.1. The number of hydrogen-bond donors (Lipinski definition) is 1. The Balaban J connectivity index is 1.68. The standard InChI is InChI=1S/C21H22ClN3O3S/c1-3-25(4-2)29(27,28)18-9-5-15(6-10-18)14-23-21(26)17-7-11-19-16(13-17)8-12-20(22)24-19/h5-13H,3-4,14H2,1-2H3,(H,23,26). The number of nitrogens with zero attached hydrogens (tertiary/aromatic N) is 2. The number of halogens is 1. The van der Waals surface area contributed by atoms with Crippen LogP contribution in [0.25, 0.3) is 10.9 Å². The number of carbonyl (C=O) groups is 1. The van der Waals surface area contributed by atoms with Gasteiger partial charge in [0.1, 0.15) is 5.15 Å². The fourth-order valence-corrected chi connectivity index (χ4v) is 4.63. The zero-order valence-corrected chi connectivity index (χ0v) is 17.8. The number of nitrogens with one attached hydrogen (secondary N) is 1. The van der Waals surface area contributed by atoms with Gasteiger partial charge in [-0.1, -0.05) is 37.6 Å². The third kappa shape index (κ3) is 4.75. The topological polar surface area (TPSA) is 79.4 Å². The highest BCUT2D eigenvalue weighted by atomic mass is 35.5. The Morgan fingerprint density at radius 2 is 1.72 bits per heavy atom.